The topological polar surface area (TPSA) is 83.4 Å². The van der Waals surface area contributed by atoms with Crippen LogP contribution in [0.1, 0.15) is 22.7 Å². The summed E-state index contributed by atoms with van der Waals surface area (Å²) in [7, 11) is 0. The van der Waals surface area contributed by atoms with Gasteiger partial charge in [-0.3, -0.25) is 14.5 Å². The average molecular weight is 548 g/mol. The third-order valence-corrected chi connectivity index (χ3v) is 7.89. The molecule has 0 bridgehead atoms. The number of thioether (sulfide) groups is 1. The van der Waals surface area contributed by atoms with Crippen molar-refractivity contribution in [2.45, 2.75) is 16.1 Å². The molecular weight excluding hydrogens is 528 g/mol. The Kier molecular flexibility index (Phi) is 7.43. The Bertz CT molecular complexity index is 1540. The number of aromatic nitrogens is 2. The lowest BCUT2D eigenvalue weighted by Crippen LogP contribution is -2.30. The number of halogens is 2. The van der Waals surface area contributed by atoms with E-state index in [-0.39, 0.29) is 16.5 Å². The quantitative estimate of drug-likeness (QED) is 0.159. The normalized spacial score (nSPS) is 15.6. The average Bonchev–Trinajstić information content (AvgIpc) is 3.50. The van der Waals surface area contributed by atoms with E-state index < -0.39 is 29.3 Å². The summed E-state index contributed by atoms with van der Waals surface area (Å²) in [5, 5.41) is 19.3. The zero-order valence-corrected chi connectivity index (χ0v) is 21.3. The van der Waals surface area contributed by atoms with Crippen LogP contribution in [0.2, 0.25) is 0 Å². The van der Waals surface area contributed by atoms with Crippen molar-refractivity contribution in [1.82, 2.24) is 10.2 Å². The summed E-state index contributed by atoms with van der Waals surface area (Å²) < 4.78 is 27.4. The van der Waals surface area contributed by atoms with Crippen LogP contribution in [0.15, 0.2) is 101 Å². The smallest absolute Gasteiger partial charge is 0.296 e. The van der Waals surface area contributed by atoms with E-state index in [2.05, 4.69) is 10.2 Å². The van der Waals surface area contributed by atoms with Crippen LogP contribution >= 0.6 is 23.1 Å². The predicted octanol–water partition coefficient (Wildman–Crippen LogP) is 6.29. The zero-order valence-electron chi connectivity index (χ0n) is 19.6. The Morgan fingerprint density at radius 2 is 1.63 bits per heavy atom. The fraction of sp³-hybridized carbons (Fsp3) is 0.0714. The second-order valence-corrected chi connectivity index (χ2v) is 10.4. The van der Waals surface area contributed by atoms with Crippen molar-refractivity contribution in [3.05, 3.63) is 125 Å². The van der Waals surface area contributed by atoms with Crippen molar-refractivity contribution in [3.8, 4) is 0 Å². The molecule has 190 valence electrons. The lowest BCUT2D eigenvalue weighted by atomic mass is 9.96. The molecule has 1 unspecified atom stereocenters. The molecule has 6 nitrogen and oxygen atoms in total. The summed E-state index contributed by atoms with van der Waals surface area (Å²) in [6.07, 6.45) is 2.88. The first-order chi connectivity index (χ1) is 18.4. The molecule has 0 aliphatic carbocycles. The van der Waals surface area contributed by atoms with Gasteiger partial charge in [0.25, 0.3) is 5.91 Å². The number of rotatable bonds is 8. The number of carbonyl (C=O) groups excluding carboxylic acids is 2. The lowest BCUT2D eigenvalue weighted by molar-refractivity contribution is -0.117. The fourth-order valence-electron chi connectivity index (χ4n) is 3.92. The van der Waals surface area contributed by atoms with Gasteiger partial charge in [0, 0.05) is 5.75 Å². The van der Waals surface area contributed by atoms with Gasteiger partial charge >= 0.3 is 0 Å². The minimum Gasteiger partial charge on any atom is -0.503 e. The van der Waals surface area contributed by atoms with Crippen molar-refractivity contribution in [2.24, 2.45) is 0 Å². The van der Waals surface area contributed by atoms with Gasteiger partial charge in [0.15, 0.2) is 15.9 Å². The van der Waals surface area contributed by atoms with Crippen LogP contribution in [-0.4, -0.2) is 27.0 Å². The standard InChI is InChI=1S/C28H19F2N3O3S2/c29-20-11-6-18(7-12-20)16-37-28-32-31-27(38-28)33-24(19-9-13-21(30)14-10-19)23(25(35)26(33)36)22(34)15-8-17-4-2-1-3-5-17/h1-15,24,35H,16H2/b15-8+. The van der Waals surface area contributed by atoms with Crippen molar-refractivity contribution in [3.63, 3.8) is 0 Å². The first-order valence-electron chi connectivity index (χ1n) is 11.4. The zero-order chi connectivity index (χ0) is 26.6. The second kappa shape index (κ2) is 11.1. The van der Waals surface area contributed by atoms with E-state index in [1.54, 1.807) is 18.2 Å². The van der Waals surface area contributed by atoms with Gasteiger partial charge in [0.2, 0.25) is 5.13 Å². The molecular formula is C28H19F2N3O3S2. The number of allylic oxidation sites excluding steroid dienone is 1. The third kappa shape index (κ3) is 5.41. The number of hydrogen-bond donors (Lipinski definition) is 1. The summed E-state index contributed by atoms with van der Waals surface area (Å²) in [5.41, 5.74) is 1.94. The molecule has 10 heteroatoms. The Morgan fingerprint density at radius 1 is 0.974 bits per heavy atom. The number of nitrogens with zero attached hydrogens (tertiary/aromatic N) is 3. The molecule has 1 aliphatic heterocycles. The molecule has 4 aromatic rings. The number of aliphatic hydroxyl groups excluding tert-OH is 1. The molecule has 1 amide bonds. The first kappa shape index (κ1) is 25.5. The van der Waals surface area contributed by atoms with E-state index >= 15 is 0 Å². The molecule has 5 rings (SSSR count). The third-order valence-electron chi connectivity index (χ3n) is 5.76. The van der Waals surface area contributed by atoms with E-state index in [0.717, 1.165) is 22.5 Å². The summed E-state index contributed by atoms with van der Waals surface area (Å²) in [4.78, 5) is 27.7. The summed E-state index contributed by atoms with van der Waals surface area (Å²) in [6.45, 7) is 0. The van der Waals surface area contributed by atoms with Gasteiger partial charge in [0.1, 0.15) is 11.6 Å². The van der Waals surface area contributed by atoms with Gasteiger partial charge in [-0.2, -0.15) is 0 Å². The van der Waals surface area contributed by atoms with Crippen LogP contribution in [-0.2, 0) is 15.3 Å². The maximum atomic E-state index is 13.7. The van der Waals surface area contributed by atoms with Gasteiger partial charge in [0.05, 0.1) is 11.6 Å². The van der Waals surface area contributed by atoms with Crippen molar-refractivity contribution < 1.29 is 23.5 Å². The highest BCUT2D eigenvalue weighted by molar-refractivity contribution is 8.00. The Labute approximate surface area is 225 Å². The number of amides is 1. The number of benzene rings is 3. The Morgan fingerprint density at radius 3 is 2.32 bits per heavy atom. The highest BCUT2D eigenvalue weighted by atomic mass is 32.2. The molecule has 1 atom stereocenters. The molecule has 0 radical (unpaired) electrons. The van der Waals surface area contributed by atoms with Gasteiger partial charge in [-0.05, 0) is 47.0 Å². The molecule has 38 heavy (non-hydrogen) atoms. The molecule has 1 N–H and O–H groups in total. The van der Waals surface area contributed by atoms with Crippen LogP contribution < -0.4 is 4.90 Å². The minimum atomic E-state index is -1.03. The fourth-order valence-corrected chi connectivity index (χ4v) is 5.75. The summed E-state index contributed by atoms with van der Waals surface area (Å²) in [5.74, 6) is -2.37. The van der Waals surface area contributed by atoms with Crippen LogP contribution in [0.5, 0.6) is 0 Å². The SMILES string of the molecule is O=C(/C=C/c1ccccc1)C1=C(O)C(=O)N(c2nnc(SCc3ccc(F)cc3)s2)C1c1ccc(F)cc1. The van der Waals surface area contributed by atoms with Gasteiger partial charge in [-0.15, -0.1) is 10.2 Å². The highest BCUT2D eigenvalue weighted by Crippen LogP contribution is 2.43. The Balaban J connectivity index is 1.45. The Hall–Kier alpha value is -4.15. The van der Waals surface area contributed by atoms with Crippen LogP contribution in [0.3, 0.4) is 0 Å². The maximum absolute atomic E-state index is 13.7. The number of hydrogen-bond acceptors (Lipinski definition) is 7. The summed E-state index contributed by atoms with van der Waals surface area (Å²) >= 11 is 2.47. The minimum absolute atomic E-state index is 0.135. The predicted molar refractivity (Wildman–Crippen MR) is 143 cm³/mol. The van der Waals surface area contributed by atoms with Gasteiger partial charge in [-0.1, -0.05) is 83.8 Å². The highest BCUT2D eigenvalue weighted by Gasteiger charge is 2.45. The van der Waals surface area contributed by atoms with Crippen molar-refractivity contribution in [1.29, 1.82) is 0 Å². The first-order valence-corrected chi connectivity index (χ1v) is 13.2. The molecule has 1 aromatic heterocycles. The van der Waals surface area contributed by atoms with Crippen molar-refractivity contribution >= 4 is 46.0 Å². The molecule has 3 aromatic carbocycles. The van der Waals surface area contributed by atoms with E-state index in [9.17, 15) is 23.5 Å². The number of aliphatic hydroxyl groups is 1. The van der Waals surface area contributed by atoms with Crippen LogP contribution in [0.25, 0.3) is 6.08 Å². The molecule has 2 heterocycles. The lowest BCUT2D eigenvalue weighted by Gasteiger charge is -2.23. The molecule has 0 fully saturated rings. The maximum Gasteiger partial charge on any atom is 0.296 e. The number of carbonyl (C=O) groups is 2. The van der Waals surface area contributed by atoms with Gasteiger partial charge < -0.3 is 5.11 Å². The molecule has 0 saturated carbocycles. The van der Waals surface area contributed by atoms with E-state index in [0.29, 0.717) is 15.7 Å². The summed E-state index contributed by atoms with van der Waals surface area (Å²) in [6, 6.07) is 19.5. The van der Waals surface area contributed by atoms with E-state index in [4.69, 9.17) is 0 Å². The molecule has 0 spiro atoms. The van der Waals surface area contributed by atoms with E-state index in [1.165, 1.54) is 59.1 Å². The second-order valence-electron chi connectivity index (χ2n) is 8.27. The number of ketones is 1. The molecule has 1 aliphatic rings. The van der Waals surface area contributed by atoms with E-state index in [1.807, 2.05) is 30.3 Å². The molecule has 0 saturated heterocycles. The number of anilines is 1. The van der Waals surface area contributed by atoms with Crippen LogP contribution in [0, 0.1) is 11.6 Å². The van der Waals surface area contributed by atoms with Crippen LogP contribution in [0.4, 0.5) is 13.9 Å². The van der Waals surface area contributed by atoms with Gasteiger partial charge in [-0.25, -0.2) is 8.78 Å². The monoisotopic (exact) mass is 547 g/mol. The van der Waals surface area contributed by atoms with Crippen molar-refractivity contribution in [2.75, 3.05) is 4.90 Å². The largest absolute Gasteiger partial charge is 0.503 e.